The molecule has 0 saturated carbocycles. The van der Waals surface area contributed by atoms with Gasteiger partial charge in [-0.1, -0.05) is 60.7 Å². The molecule has 1 aliphatic rings. The number of hydrogen-bond acceptors (Lipinski definition) is 4. The van der Waals surface area contributed by atoms with Gasteiger partial charge in [-0.3, -0.25) is 0 Å². The highest BCUT2D eigenvalue weighted by Crippen LogP contribution is 2.51. The molecule has 0 N–H and O–H groups in total. The van der Waals surface area contributed by atoms with Gasteiger partial charge in [0, 0.05) is 15.9 Å². The first-order valence-corrected chi connectivity index (χ1v) is 10.8. The van der Waals surface area contributed by atoms with Gasteiger partial charge in [-0.2, -0.15) is 0 Å². The van der Waals surface area contributed by atoms with Crippen LogP contribution in [0.1, 0.15) is 0 Å². The topological polar surface area (TPSA) is 44.8 Å². The van der Waals surface area contributed by atoms with Gasteiger partial charge in [0.2, 0.25) is 12.5 Å². The van der Waals surface area contributed by atoms with Gasteiger partial charge < -0.3 is 18.8 Å². The van der Waals surface area contributed by atoms with E-state index in [1.807, 2.05) is 66.7 Å². The SMILES string of the molecule is COc1cc(P(=O)(c2ccccc2)c2ccccc2)c(I)c2c1OCO2. The zero-order valence-corrected chi connectivity index (χ0v) is 17.1. The first-order chi connectivity index (χ1) is 12.7. The van der Waals surface area contributed by atoms with E-state index in [0.29, 0.717) is 22.6 Å². The highest BCUT2D eigenvalue weighted by atomic mass is 127. The molecule has 4 nitrogen and oxygen atoms in total. The molecule has 0 atom stereocenters. The van der Waals surface area contributed by atoms with Crippen LogP contribution in [0.5, 0.6) is 17.2 Å². The van der Waals surface area contributed by atoms with E-state index < -0.39 is 7.14 Å². The van der Waals surface area contributed by atoms with Crippen molar-refractivity contribution < 1.29 is 18.8 Å². The third-order valence-electron chi connectivity index (χ3n) is 4.33. The van der Waals surface area contributed by atoms with Crippen LogP contribution < -0.4 is 30.1 Å². The number of fused-ring (bicyclic) bond motifs is 1. The molecule has 26 heavy (non-hydrogen) atoms. The van der Waals surface area contributed by atoms with Crippen LogP contribution in [0, 0.1) is 3.57 Å². The molecule has 4 rings (SSSR count). The number of methoxy groups -OCH3 is 1. The van der Waals surface area contributed by atoms with Crippen LogP contribution in [-0.2, 0) is 4.57 Å². The lowest BCUT2D eigenvalue weighted by molar-refractivity contribution is 0.170. The van der Waals surface area contributed by atoms with Crippen molar-refractivity contribution in [3.05, 3.63) is 70.3 Å². The molecule has 0 unspecified atom stereocenters. The van der Waals surface area contributed by atoms with E-state index in [0.717, 1.165) is 14.2 Å². The Morgan fingerprint density at radius 1 is 0.923 bits per heavy atom. The summed E-state index contributed by atoms with van der Waals surface area (Å²) >= 11 is 2.19. The Balaban J connectivity index is 2.05. The molecule has 0 aliphatic carbocycles. The maximum Gasteiger partial charge on any atom is 0.231 e. The molecule has 0 aromatic heterocycles. The third-order valence-corrected chi connectivity index (χ3v) is 8.91. The summed E-state index contributed by atoms with van der Waals surface area (Å²) in [7, 11) is -1.54. The van der Waals surface area contributed by atoms with Gasteiger partial charge in [0.25, 0.3) is 0 Å². The number of ether oxygens (including phenoxy) is 3. The van der Waals surface area contributed by atoms with Crippen LogP contribution in [0.15, 0.2) is 66.7 Å². The normalized spacial score (nSPS) is 12.8. The van der Waals surface area contributed by atoms with E-state index in [9.17, 15) is 4.57 Å². The Labute approximate surface area is 165 Å². The maximum atomic E-state index is 14.6. The van der Waals surface area contributed by atoms with Gasteiger partial charge in [-0.25, -0.2) is 0 Å². The number of benzene rings is 3. The highest BCUT2D eigenvalue weighted by molar-refractivity contribution is 14.1. The van der Waals surface area contributed by atoms with E-state index in [1.165, 1.54) is 0 Å². The first kappa shape index (κ1) is 17.4. The van der Waals surface area contributed by atoms with Crippen molar-refractivity contribution in [1.82, 2.24) is 0 Å². The first-order valence-electron chi connectivity index (χ1n) is 8.04. The monoisotopic (exact) mass is 478 g/mol. The van der Waals surface area contributed by atoms with Crippen LogP contribution in [0.3, 0.4) is 0 Å². The van der Waals surface area contributed by atoms with E-state index >= 15 is 0 Å². The summed E-state index contributed by atoms with van der Waals surface area (Å²) in [4.78, 5) is 0. The van der Waals surface area contributed by atoms with Crippen molar-refractivity contribution in [3.8, 4) is 17.2 Å². The molecule has 0 spiro atoms. The van der Waals surface area contributed by atoms with E-state index in [-0.39, 0.29) is 6.79 Å². The molecule has 3 aromatic rings. The fourth-order valence-corrected chi connectivity index (χ4v) is 7.37. The lowest BCUT2D eigenvalue weighted by Crippen LogP contribution is -2.27. The largest absolute Gasteiger partial charge is 0.493 e. The zero-order valence-electron chi connectivity index (χ0n) is 14.0. The fraction of sp³-hybridized carbons (Fsp3) is 0.100. The zero-order chi connectivity index (χ0) is 18.1. The van der Waals surface area contributed by atoms with Crippen molar-refractivity contribution in [2.24, 2.45) is 0 Å². The molecule has 132 valence electrons. The second kappa shape index (κ2) is 6.97. The predicted octanol–water partition coefficient (Wildman–Crippen LogP) is 3.67. The summed E-state index contributed by atoms with van der Waals surface area (Å²) in [6.45, 7) is 0.131. The molecule has 1 aliphatic heterocycles. The van der Waals surface area contributed by atoms with Crippen molar-refractivity contribution in [1.29, 1.82) is 0 Å². The molecule has 3 aromatic carbocycles. The van der Waals surface area contributed by atoms with Crippen LogP contribution >= 0.6 is 29.7 Å². The minimum Gasteiger partial charge on any atom is -0.493 e. The lowest BCUT2D eigenvalue weighted by atomic mass is 10.3. The molecule has 0 radical (unpaired) electrons. The minimum atomic E-state index is -3.11. The lowest BCUT2D eigenvalue weighted by Gasteiger charge is -2.22. The summed E-state index contributed by atoms with van der Waals surface area (Å²) in [6, 6.07) is 20.9. The molecule has 1 heterocycles. The molecule has 0 amide bonds. The van der Waals surface area contributed by atoms with Crippen LogP contribution in [0.4, 0.5) is 0 Å². The summed E-state index contributed by atoms with van der Waals surface area (Å²) in [5.74, 6) is 1.68. The third kappa shape index (κ3) is 2.70. The average molecular weight is 478 g/mol. The smallest absolute Gasteiger partial charge is 0.231 e. The number of hydrogen-bond donors (Lipinski definition) is 0. The Bertz CT molecular complexity index is 946. The van der Waals surface area contributed by atoms with E-state index in [1.54, 1.807) is 7.11 Å². The summed E-state index contributed by atoms with van der Waals surface area (Å²) < 4.78 is 32.0. The Morgan fingerprint density at radius 3 is 2.00 bits per heavy atom. The van der Waals surface area contributed by atoms with E-state index in [2.05, 4.69) is 22.6 Å². The molecule has 0 fully saturated rings. The standard InChI is InChI=1S/C20H16IO4P/c1-23-16-12-17(18(21)20-19(16)24-13-25-20)26(22,14-8-4-2-5-9-14)15-10-6-3-7-11-15/h2-12H,13H2,1H3. The van der Waals surface area contributed by atoms with Crippen molar-refractivity contribution >= 4 is 45.6 Å². The van der Waals surface area contributed by atoms with Gasteiger partial charge in [-0.05, 0) is 28.7 Å². The number of rotatable bonds is 4. The van der Waals surface area contributed by atoms with Gasteiger partial charge in [0.15, 0.2) is 18.6 Å². The van der Waals surface area contributed by atoms with Gasteiger partial charge >= 0.3 is 0 Å². The number of halogens is 1. The molecular weight excluding hydrogens is 462 g/mol. The molecule has 0 bridgehead atoms. The average Bonchev–Trinajstić information content (AvgIpc) is 3.20. The summed E-state index contributed by atoms with van der Waals surface area (Å²) in [5.41, 5.74) is 0. The van der Waals surface area contributed by atoms with Gasteiger partial charge in [0.05, 0.1) is 10.7 Å². The summed E-state index contributed by atoms with van der Waals surface area (Å²) in [6.07, 6.45) is 0. The van der Waals surface area contributed by atoms with E-state index in [4.69, 9.17) is 14.2 Å². The minimum absolute atomic E-state index is 0.131. The Hall–Kier alpha value is -1.98. The molecule has 0 saturated heterocycles. The molecular formula is C20H16IO4P. The van der Waals surface area contributed by atoms with Crippen LogP contribution in [0.2, 0.25) is 0 Å². The van der Waals surface area contributed by atoms with Gasteiger partial charge in [0.1, 0.15) is 0 Å². The Morgan fingerprint density at radius 2 is 1.46 bits per heavy atom. The predicted molar refractivity (Wildman–Crippen MR) is 111 cm³/mol. The summed E-state index contributed by atoms with van der Waals surface area (Å²) in [5, 5.41) is 2.23. The van der Waals surface area contributed by atoms with Gasteiger partial charge in [-0.15, -0.1) is 0 Å². The second-order valence-corrected chi connectivity index (χ2v) is 9.57. The van der Waals surface area contributed by atoms with Crippen LogP contribution in [-0.4, -0.2) is 13.9 Å². The van der Waals surface area contributed by atoms with Crippen molar-refractivity contribution in [3.63, 3.8) is 0 Å². The second-order valence-electron chi connectivity index (χ2n) is 5.76. The van der Waals surface area contributed by atoms with Crippen LogP contribution in [0.25, 0.3) is 0 Å². The Kier molecular flexibility index (Phi) is 4.67. The maximum absolute atomic E-state index is 14.6. The van der Waals surface area contributed by atoms with Crippen molar-refractivity contribution in [2.45, 2.75) is 0 Å². The quantitative estimate of drug-likeness (QED) is 0.424. The fourth-order valence-electron chi connectivity index (χ4n) is 3.08. The highest BCUT2D eigenvalue weighted by Gasteiger charge is 2.36. The van der Waals surface area contributed by atoms with Crippen molar-refractivity contribution in [2.75, 3.05) is 13.9 Å². The molecule has 6 heteroatoms.